The van der Waals surface area contributed by atoms with E-state index >= 15 is 0 Å². The molecule has 0 aromatic rings. The first-order valence-corrected chi connectivity index (χ1v) is 32.1. The number of fused-ring (bicyclic) bond motifs is 4. The van der Waals surface area contributed by atoms with Crippen molar-refractivity contribution >= 4 is 40.0 Å². The van der Waals surface area contributed by atoms with Crippen LogP contribution in [0.25, 0.3) is 0 Å². The number of aldehydes is 1. The fourth-order valence-corrected chi connectivity index (χ4v) is 16.7. The van der Waals surface area contributed by atoms with Crippen molar-refractivity contribution in [1.82, 2.24) is 36.0 Å². The number of hydrogen-bond donors (Lipinski definition) is 7. The number of nitrogens with zero attached hydrogens (tertiary/aromatic N) is 3. The highest BCUT2D eigenvalue weighted by Gasteiger charge is 2.49. The lowest BCUT2D eigenvalue weighted by molar-refractivity contribution is -0.140. The second-order valence-electron chi connectivity index (χ2n) is 23.7. The quantitative estimate of drug-likeness (QED) is 0.0321. The van der Waals surface area contributed by atoms with E-state index in [4.69, 9.17) is 25.5 Å². The molecule has 3 heterocycles. The van der Waals surface area contributed by atoms with Crippen LogP contribution in [0.3, 0.4) is 0 Å². The molecule has 5 aliphatic carbocycles. The van der Waals surface area contributed by atoms with Gasteiger partial charge < -0.3 is 65.0 Å². The lowest BCUT2D eigenvalue weighted by Gasteiger charge is -2.42. The molecule has 444 valence electrons. The Morgan fingerprint density at radius 2 is 1.70 bits per heavy atom. The van der Waals surface area contributed by atoms with Crippen molar-refractivity contribution in [2.24, 2.45) is 35.5 Å². The lowest BCUT2D eigenvalue weighted by Crippen LogP contribution is -2.54. The molecule has 8 aliphatic rings. The molecule has 0 aromatic carbocycles. The summed E-state index contributed by atoms with van der Waals surface area (Å²) in [5, 5.41) is 35.3. The van der Waals surface area contributed by atoms with Crippen LogP contribution in [0.5, 0.6) is 0 Å². The van der Waals surface area contributed by atoms with Gasteiger partial charge in [0.25, 0.3) is 10.1 Å². The predicted octanol–water partition coefficient (Wildman–Crippen LogP) is 5.50. The van der Waals surface area contributed by atoms with E-state index in [0.29, 0.717) is 86.6 Å². The number of aliphatic hydroxyl groups is 2. The van der Waals surface area contributed by atoms with E-state index in [2.05, 4.69) is 45.7 Å². The summed E-state index contributed by atoms with van der Waals surface area (Å²) in [7, 11) is 0.626. The van der Waals surface area contributed by atoms with Gasteiger partial charge in [0.1, 0.15) is 54.3 Å². The smallest absolute Gasteiger partial charge is 0.283 e. The van der Waals surface area contributed by atoms with Crippen molar-refractivity contribution in [3.63, 3.8) is 0 Å². The van der Waals surface area contributed by atoms with Crippen LogP contribution in [0.15, 0.2) is 59.2 Å². The molecule has 19 nitrogen and oxygen atoms in total. The summed E-state index contributed by atoms with van der Waals surface area (Å²) in [6, 6.07) is 0.597. The van der Waals surface area contributed by atoms with Crippen molar-refractivity contribution in [2.75, 3.05) is 72.3 Å². The van der Waals surface area contributed by atoms with Crippen molar-refractivity contribution in [3.05, 3.63) is 59.2 Å². The van der Waals surface area contributed by atoms with Crippen LogP contribution in [0.4, 0.5) is 0 Å². The molecule has 0 spiro atoms. The average molecular weight is 1140 g/mol. The number of hydrogen-bond acceptors (Lipinski definition) is 17. The number of amides is 2. The van der Waals surface area contributed by atoms with Crippen LogP contribution >= 0.6 is 11.8 Å². The molecule has 3 saturated heterocycles. The molecule has 21 heteroatoms. The fraction of sp³-hybridized carbons (Fsp3) is 0.776. The van der Waals surface area contributed by atoms with Gasteiger partial charge >= 0.3 is 0 Å². The average Bonchev–Trinajstić information content (AvgIpc) is 4.19. The maximum Gasteiger partial charge on any atom is 0.283 e. The van der Waals surface area contributed by atoms with Gasteiger partial charge in [0, 0.05) is 104 Å². The van der Waals surface area contributed by atoms with E-state index in [9.17, 15) is 37.6 Å². The first-order chi connectivity index (χ1) is 38.0. The van der Waals surface area contributed by atoms with Crippen LogP contribution in [0, 0.1) is 35.5 Å². The van der Waals surface area contributed by atoms with Crippen molar-refractivity contribution < 1.29 is 56.5 Å². The van der Waals surface area contributed by atoms with Gasteiger partial charge in [0.2, 0.25) is 11.8 Å². The Morgan fingerprint density at radius 1 is 0.949 bits per heavy atom. The fourth-order valence-electron chi connectivity index (χ4n) is 14.7. The molecule has 0 radical (unpaired) electrons. The van der Waals surface area contributed by atoms with Crippen LogP contribution in [0.2, 0.25) is 0 Å². The third-order valence-electron chi connectivity index (χ3n) is 18.7. The normalized spacial score (nSPS) is 33.2. The standard InChI is InChI=1S/C58H93N7O12S2/c1-7-41-14-8-10-16-48(41)64(35-79(71,72)73)57(69)45-26-51(75-6)52(27-46(45)59-4)76-32-38-21-39(23-40(22-38)34-78-54-29-56(68)63(58(54)70)19-12-13-36(2)61-31-55(67)60-18-20-66)33-77-53-28-47-44(25-50(53)74-5)37(3)65-43(30-62-47)24-42-15-9-11-17-49(42)65/h20,22,39-49,54,56,58-59,61-62,68,70H,2-3,7-19,21,23-35H2,1,4-6H3,(H,60,67)(H,71,72,73)/t39-,40+,41+,42+,43-,44+,45+,46?,47+,48-,49?,54?,56+,58-/m0/s1. The van der Waals surface area contributed by atoms with Crippen LogP contribution in [-0.4, -0.2) is 176 Å². The molecule has 7 N–H and O–H groups in total. The number of likely N-dealkylation sites (tertiary alicyclic amines) is 1. The Labute approximate surface area is 474 Å². The van der Waals surface area contributed by atoms with E-state index in [0.717, 1.165) is 80.9 Å². The molecule has 2 amide bonds. The van der Waals surface area contributed by atoms with E-state index < -0.39 is 34.4 Å². The van der Waals surface area contributed by atoms with Gasteiger partial charge in [-0.1, -0.05) is 58.3 Å². The van der Waals surface area contributed by atoms with Gasteiger partial charge in [0.05, 0.1) is 39.8 Å². The lowest BCUT2D eigenvalue weighted by atomic mass is 9.80. The number of ether oxygens (including phenoxy) is 4. The summed E-state index contributed by atoms with van der Waals surface area (Å²) < 4.78 is 60.7. The number of rotatable bonds is 26. The summed E-state index contributed by atoms with van der Waals surface area (Å²) in [5.74, 6) is 3.01. The van der Waals surface area contributed by atoms with Crippen molar-refractivity contribution in [3.8, 4) is 0 Å². The molecule has 5 fully saturated rings. The molecule has 2 saturated carbocycles. The zero-order chi connectivity index (χ0) is 56.4. The third kappa shape index (κ3) is 15.4. The maximum atomic E-state index is 14.6. The molecule has 0 aromatic heterocycles. The second-order valence-corrected chi connectivity index (χ2v) is 26.4. The van der Waals surface area contributed by atoms with E-state index in [1.165, 1.54) is 42.7 Å². The summed E-state index contributed by atoms with van der Waals surface area (Å²) in [6.07, 6.45) is 17.1. The molecule has 3 unspecified atom stereocenters. The molecule has 0 bridgehead atoms. The summed E-state index contributed by atoms with van der Waals surface area (Å²) in [6.45, 7) is 13.0. The monoisotopic (exact) mass is 1140 g/mol. The first kappa shape index (κ1) is 61.2. The number of methoxy groups -OCH3 is 2. The predicted molar refractivity (Wildman–Crippen MR) is 304 cm³/mol. The zero-order valence-electron chi connectivity index (χ0n) is 47.4. The number of aliphatic hydroxyl groups excluding tert-OH is 2. The highest BCUT2D eigenvalue weighted by atomic mass is 32.2. The van der Waals surface area contributed by atoms with Gasteiger partial charge in [-0.2, -0.15) is 20.2 Å². The topological polar surface area (TPSA) is 241 Å². The Balaban J connectivity index is 0.942. The highest BCUT2D eigenvalue weighted by molar-refractivity contribution is 8.00. The van der Waals surface area contributed by atoms with Gasteiger partial charge in [-0.15, -0.1) is 0 Å². The number of thioether (sulfide) groups is 1. The van der Waals surface area contributed by atoms with E-state index in [-0.39, 0.29) is 85.0 Å². The molecular weight excluding hydrogens is 1050 g/mol. The van der Waals surface area contributed by atoms with Crippen LogP contribution in [-0.2, 0) is 43.4 Å². The maximum absolute atomic E-state index is 14.6. The van der Waals surface area contributed by atoms with Gasteiger partial charge in [-0.05, 0) is 94.1 Å². The van der Waals surface area contributed by atoms with Crippen LogP contribution in [0.1, 0.15) is 129 Å². The second kappa shape index (κ2) is 28.4. The third-order valence-corrected chi connectivity index (χ3v) is 20.8. The van der Waals surface area contributed by atoms with E-state index in [1.54, 1.807) is 37.9 Å². The van der Waals surface area contributed by atoms with Crippen molar-refractivity contribution in [1.29, 1.82) is 0 Å². The Hall–Kier alpha value is -3.83. The molecule has 3 aliphatic heterocycles. The number of nitrogens with one attached hydrogen (secondary N) is 4. The van der Waals surface area contributed by atoms with Gasteiger partial charge in [-0.25, -0.2) is 0 Å². The Kier molecular flexibility index (Phi) is 22.0. The Bertz CT molecular complexity index is 2350. The Morgan fingerprint density at radius 3 is 2.44 bits per heavy atom. The minimum absolute atomic E-state index is 0.00586. The van der Waals surface area contributed by atoms with E-state index in [1.807, 2.05) is 0 Å². The molecule has 14 atom stereocenters. The van der Waals surface area contributed by atoms with Gasteiger partial charge in [-0.3, -0.25) is 19.0 Å². The summed E-state index contributed by atoms with van der Waals surface area (Å²) in [5.41, 5.74) is 3.01. The minimum Gasteiger partial charge on any atom is -0.498 e. The molecule has 8 rings (SSSR count). The SMILES string of the molecule is C=C(CCCN1[C@H](O)CC(SC[C@@H]2C=C(COC3=C(OC)C[C@@H](C(=O)N(CS(=O)(=O)O)[C@H]4CCCC[C@H]4CC)C(NC)C3)C[C@H](COC3=C(OC)C[C@@H]4C(=C)N5C6CCCC[C@@H]6C[C@H]5CN[C@@H]4C3)C2)[C@@H]1O)NCC(=O)NCC=O. The molecule has 79 heavy (non-hydrogen) atoms. The zero-order valence-corrected chi connectivity index (χ0v) is 49.1. The minimum atomic E-state index is -4.49. The molecular formula is C58H93N7O12S2. The highest BCUT2D eigenvalue weighted by Crippen LogP contribution is 2.48. The number of carbonyl (C=O) groups is 3. The summed E-state index contributed by atoms with van der Waals surface area (Å²) >= 11 is 1.67. The van der Waals surface area contributed by atoms with Crippen molar-refractivity contribution in [2.45, 2.75) is 177 Å². The largest absolute Gasteiger partial charge is 0.498 e. The number of carbonyl (C=O) groups excluding carboxylic acids is 3. The van der Waals surface area contributed by atoms with Gasteiger partial charge in [0.15, 0.2) is 0 Å². The number of allylic oxidation sites excluding steroid dienone is 4. The van der Waals surface area contributed by atoms with Crippen LogP contribution < -0.4 is 21.3 Å². The summed E-state index contributed by atoms with van der Waals surface area (Å²) in [4.78, 5) is 42.9. The first-order valence-electron chi connectivity index (χ1n) is 29.5.